The molecular weight excluding hydrogens is 352 g/mol. The maximum absolute atomic E-state index is 12.6. The Morgan fingerprint density at radius 1 is 1.00 bits per heavy atom. The first kappa shape index (κ1) is 18.0. The number of hydrogen-bond donors (Lipinski definition) is 2. The van der Waals surface area contributed by atoms with Gasteiger partial charge in [0.2, 0.25) is 5.76 Å². The lowest BCUT2D eigenvalue weighted by Crippen LogP contribution is -2.40. The molecule has 1 aromatic heterocycles. The lowest BCUT2D eigenvalue weighted by atomic mass is 10.1. The Bertz CT molecular complexity index is 986. The number of para-hydroxylation sites is 1. The van der Waals surface area contributed by atoms with Crippen molar-refractivity contribution < 1.29 is 14.0 Å². The number of hydrogen-bond acceptors (Lipinski definition) is 3. The van der Waals surface area contributed by atoms with Gasteiger partial charge in [-0.1, -0.05) is 29.8 Å². The molecule has 3 rings (SSSR count). The summed E-state index contributed by atoms with van der Waals surface area (Å²) in [6, 6.07) is 13.8. The molecule has 0 atom stereocenters. The van der Waals surface area contributed by atoms with E-state index in [0.717, 1.165) is 0 Å². The highest BCUT2D eigenvalue weighted by Crippen LogP contribution is 2.31. The predicted octanol–water partition coefficient (Wildman–Crippen LogP) is 4.87. The number of amides is 2. The van der Waals surface area contributed by atoms with Gasteiger partial charge in [0, 0.05) is 21.5 Å². The summed E-state index contributed by atoms with van der Waals surface area (Å²) in [5.41, 5.74) is 0.815. The summed E-state index contributed by atoms with van der Waals surface area (Å²) in [7, 11) is 0. The van der Waals surface area contributed by atoms with E-state index >= 15 is 0 Å². The van der Waals surface area contributed by atoms with Crippen molar-refractivity contribution in [3.8, 4) is 0 Å². The highest BCUT2D eigenvalue weighted by atomic mass is 35.5. The maximum Gasteiger partial charge on any atom is 0.289 e. The number of furan rings is 1. The van der Waals surface area contributed by atoms with Gasteiger partial charge in [-0.3, -0.25) is 9.59 Å². The van der Waals surface area contributed by atoms with E-state index in [1.807, 2.05) is 26.8 Å². The molecular formula is C20H19ClN2O3. The average molecular weight is 371 g/mol. The number of fused-ring (bicyclic) bond motifs is 1. The van der Waals surface area contributed by atoms with Gasteiger partial charge in [-0.05, 0) is 51.1 Å². The minimum atomic E-state index is -0.440. The number of carbonyl (C=O) groups is 2. The number of halogens is 1. The molecule has 0 aliphatic rings. The average Bonchev–Trinajstić information content (AvgIpc) is 2.92. The Morgan fingerprint density at radius 2 is 1.73 bits per heavy atom. The monoisotopic (exact) mass is 370 g/mol. The summed E-state index contributed by atoms with van der Waals surface area (Å²) in [5, 5.41) is 6.76. The normalized spacial score (nSPS) is 11.4. The standard InChI is InChI=1S/C20H19ClN2O3/c1-20(2,3)23-19(25)17-16(14-9-4-5-10-15(14)26-17)22-18(24)12-7-6-8-13(21)11-12/h4-11H,1-3H3,(H,22,24)(H,23,25). The molecule has 0 aliphatic carbocycles. The van der Waals surface area contributed by atoms with Gasteiger partial charge >= 0.3 is 0 Å². The third-order valence-electron chi connectivity index (χ3n) is 3.62. The van der Waals surface area contributed by atoms with E-state index in [1.54, 1.807) is 42.5 Å². The molecule has 2 N–H and O–H groups in total. The molecule has 0 bridgehead atoms. The molecule has 6 heteroatoms. The first-order valence-electron chi connectivity index (χ1n) is 8.15. The minimum Gasteiger partial charge on any atom is -0.449 e. The summed E-state index contributed by atoms with van der Waals surface area (Å²) in [6.07, 6.45) is 0. The lowest BCUT2D eigenvalue weighted by Gasteiger charge is -2.20. The molecule has 0 fully saturated rings. The van der Waals surface area contributed by atoms with Crippen LogP contribution in [-0.4, -0.2) is 17.4 Å². The highest BCUT2D eigenvalue weighted by molar-refractivity contribution is 6.31. The van der Waals surface area contributed by atoms with Gasteiger partial charge in [0.25, 0.3) is 11.8 Å². The van der Waals surface area contributed by atoms with Crippen LogP contribution >= 0.6 is 11.6 Å². The van der Waals surface area contributed by atoms with Crippen molar-refractivity contribution in [2.45, 2.75) is 26.3 Å². The molecule has 3 aromatic rings. The molecule has 0 radical (unpaired) electrons. The molecule has 0 saturated heterocycles. The number of rotatable bonds is 3. The molecule has 2 amide bonds. The Labute approximate surface area is 156 Å². The number of anilines is 1. The fraction of sp³-hybridized carbons (Fsp3) is 0.200. The van der Waals surface area contributed by atoms with E-state index < -0.39 is 11.4 Å². The van der Waals surface area contributed by atoms with Crippen LogP contribution in [0, 0.1) is 0 Å². The van der Waals surface area contributed by atoms with Gasteiger partial charge in [0.05, 0.1) is 0 Å². The van der Waals surface area contributed by atoms with Gasteiger partial charge in [0.15, 0.2) is 0 Å². The molecule has 5 nitrogen and oxygen atoms in total. The third-order valence-corrected chi connectivity index (χ3v) is 3.85. The number of nitrogens with one attached hydrogen (secondary N) is 2. The molecule has 134 valence electrons. The summed E-state index contributed by atoms with van der Waals surface area (Å²) < 4.78 is 5.71. The fourth-order valence-corrected chi connectivity index (χ4v) is 2.73. The topological polar surface area (TPSA) is 71.3 Å². The summed E-state index contributed by atoms with van der Waals surface area (Å²) in [6.45, 7) is 5.62. The van der Waals surface area contributed by atoms with E-state index in [0.29, 0.717) is 27.2 Å². The van der Waals surface area contributed by atoms with Crippen LogP contribution in [0.5, 0.6) is 0 Å². The van der Waals surface area contributed by atoms with Crippen LogP contribution in [0.3, 0.4) is 0 Å². The Hall–Kier alpha value is -2.79. The van der Waals surface area contributed by atoms with E-state index in [9.17, 15) is 9.59 Å². The van der Waals surface area contributed by atoms with Crippen molar-refractivity contribution in [2.75, 3.05) is 5.32 Å². The summed E-state index contributed by atoms with van der Waals surface area (Å²) in [5.74, 6) is -0.699. The molecule has 2 aromatic carbocycles. The quantitative estimate of drug-likeness (QED) is 0.691. The van der Waals surface area contributed by atoms with E-state index in [-0.39, 0.29) is 11.7 Å². The first-order chi connectivity index (χ1) is 12.2. The second kappa shape index (κ2) is 6.84. The van der Waals surface area contributed by atoms with E-state index in [1.165, 1.54) is 0 Å². The van der Waals surface area contributed by atoms with Crippen molar-refractivity contribution in [1.29, 1.82) is 0 Å². The Kier molecular flexibility index (Phi) is 4.74. The van der Waals surface area contributed by atoms with Gasteiger partial charge in [-0.15, -0.1) is 0 Å². The molecule has 0 spiro atoms. The van der Waals surface area contributed by atoms with Gasteiger partial charge in [-0.2, -0.15) is 0 Å². The van der Waals surface area contributed by atoms with Crippen LogP contribution in [0.25, 0.3) is 11.0 Å². The van der Waals surface area contributed by atoms with Crippen LogP contribution < -0.4 is 10.6 Å². The zero-order valence-corrected chi connectivity index (χ0v) is 15.5. The lowest BCUT2D eigenvalue weighted by molar-refractivity contribution is 0.0894. The van der Waals surface area contributed by atoms with Gasteiger partial charge in [-0.25, -0.2) is 0 Å². The Morgan fingerprint density at radius 3 is 2.42 bits per heavy atom. The van der Waals surface area contributed by atoms with Crippen molar-refractivity contribution in [2.24, 2.45) is 0 Å². The van der Waals surface area contributed by atoms with Crippen LogP contribution in [0.15, 0.2) is 52.9 Å². The largest absolute Gasteiger partial charge is 0.449 e. The first-order valence-corrected chi connectivity index (χ1v) is 8.53. The van der Waals surface area contributed by atoms with Gasteiger partial charge < -0.3 is 15.1 Å². The second-order valence-corrected chi connectivity index (χ2v) is 7.41. The molecule has 0 aliphatic heterocycles. The van der Waals surface area contributed by atoms with Crippen molar-refractivity contribution in [1.82, 2.24) is 5.32 Å². The molecule has 26 heavy (non-hydrogen) atoms. The van der Waals surface area contributed by atoms with Crippen LogP contribution in [0.2, 0.25) is 5.02 Å². The second-order valence-electron chi connectivity index (χ2n) is 6.97. The third kappa shape index (κ3) is 3.89. The minimum absolute atomic E-state index is 0.0662. The smallest absolute Gasteiger partial charge is 0.289 e. The fourth-order valence-electron chi connectivity index (χ4n) is 2.54. The molecule has 0 unspecified atom stereocenters. The maximum atomic E-state index is 12.6. The van der Waals surface area contributed by atoms with Crippen molar-refractivity contribution in [3.05, 3.63) is 64.9 Å². The van der Waals surface area contributed by atoms with Crippen LogP contribution in [-0.2, 0) is 0 Å². The SMILES string of the molecule is CC(C)(C)NC(=O)c1oc2ccccc2c1NC(=O)c1cccc(Cl)c1. The van der Waals surface area contributed by atoms with Gasteiger partial charge in [0.1, 0.15) is 11.3 Å². The molecule has 0 saturated carbocycles. The number of carbonyl (C=O) groups excluding carboxylic acids is 2. The van der Waals surface area contributed by atoms with Crippen molar-refractivity contribution in [3.63, 3.8) is 0 Å². The van der Waals surface area contributed by atoms with Crippen LogP contribution in [0.1, 0.15) is 41.7 Å². The zero-order chi connectivity index (χ0) is 18.9. The Balaban J connectivity index is 2.02. The van der Waals surface area contributed by atoms with Crippen molar-refractivity contribution >= 4 is 40.1 Å². The van der Waals surface area contributed by atoms with Crippen LogP contribution in [0.4, 0.5) is 5.69 Å². The summed E-state index contributed by atoms with van der Waals surface area (Å²) in [4.78, 5) is 25.3. The summed E-state index contributed by atoms with van der Waals surface area (Å²) >= 11 is 5.96. The predicted molar refractivity (Wildman–Crippen MR) is 103 cm³/mol. The molecule has 1 heterocycles. The van der Waals surface area contributed by atoms with E-state index in [4.69, 9.17) is 16.0 Å². The highest BCUT2D eigenvalue weighted by Gasteiger charge is 2.25. The number of benzene rings is 2. The zero-order valence-electron chi connectivity index (χ0n) is 14.7. The van der Waals surface area contributed by atoms with E-state index in [2.05, 4.69) is 10.6 Å².